The van der Waals surface area contributed by atoms with Crippen LogP contribution in [0.5, 0.6) is 0 Å². The second-order valence-corrected chi connectivity index (χ2v) is 9.73. The Morgan fingerprint density at radius 3 is 2.28 bits per heavy atom. The number of epoxide rings is 1. The lowest BCUT2D eigenvalue weighted by atomic mass is 9.88. The molecule has 0 aromatic carbocycles. The SMILES string of the molecule is C=C(C)C(=O)OCCC.CO[Si](CCC1CCC2OC2C1)(OC)OC. The van der Waals surface area contributed by atoms with Crippen LogP contribution in [0, 0.1) is 5.92 Å². The highest BCUT2D eigenvalue weighted by Crippen LogP contribution is 2.41. The summed E-state index contributed by atoms with van der Waals surface area (Å²) >= 11 is 0. The first-order valence-electron chi connectivity index (χ1n) is 9.04. The van der Waals surface area contributed by atoms with Crippen LogP contribution in [-0.2, 0) is 27.5 Å². The highest BCUT2D eigenvalue weighted by molar-refractivity contribution is 6.60. The number of esters is 1. The van der Waals surface area contributed by atoms with E-state index in [-0.39, 0.29) is 5.97 Å². The van der Waals surface area contributed by atoms with E-state index in [2.05, 4.69) is 6.58 Å². The van der Waals surface area contributed by atoms with Crippen LogP contribution in [0.15, 0.2) is 12.2 Å². The van der Waals surface area contributed by atoms with Crippen LogP contribution in [0.25, 0.3) is 0 Å². The van der Waals surface area contributed by atoms with Gasteiger partial charge >= 0.3 is 14.8 Å². The first-order valence-corrected chi connectivity index (χ1v) is 11.0. The molecule has 1 saturated heterocycles. The van der Waals surface area contributed by atoms with Crippen molar-refractivity contribution in [2.24, 2.45) is 5.92 Å². The number of ether oxygens (including phenoxy) is 2. The molecule has 0 aromatic rings. The summed E-state index contributed by atoms with van der Waals surface area (Å²) < 4.78 is 26.5. The largest absolute Gasteiger partial charge is 0.500 e. The van der Waals surface area contributed by atoms with E-state index in [1.165, 1.54) is 19.3 Å². The third-order valence-corrected chi connectivity index (χ3v) is 7.46. The van der Waals surface area contributed by atoms with Crippen molar-refractivity contribution in [1.29, 1.82) is 0 Å². The van der Waals surface area contributed by atoms with Gasteiger partial charge in [0.2, 0.25) is 0 Å². The number of hydrogen-bond acceptors (Lipinski definition) is 6. The molecule has 2 aliphatic rings. The molecule has 3 unspecified atom stereocenters. The predicted octanol–water partition coefficient (Wildman–Crippen LogP) is 3.34. The van der Waals surface area contributed by atoms with Crippen molar-refractivity contribution in [2.45, 2.75) is 64.2 Å². The summed E-state index contributed by atoms with van der Waals surface area (Å²) in [5, 5.41) is 0. The van der Waals surface area contributed by atoms with E-state index in [0.717, 1.165) is 24.8 Å². The molecule has 3 atom stereocenters. The van der Waals surface area contributed by atoms with Gasteiger partial charge in [0.05, 0.1) is 18.8 Å². The molecule has 0 spiro atoms. The molecule has 1 heterocycles. The Hall–Kier alpha value is -0.733. The van der Waals surface area contributed by atoms with Gasteiger partial charge in [-0.05, 0) is 44.9 Å². The van der Waals surface area contributed by atoms with Crippen LogP contribution in [0.1, 0.15) is 46.0 Å². The maximum absolute atomic E-state index is 10.6. The van der Waals surface area contributed by atoms with Crippen LogP contribution in [0.4, 0.5) is 0 Å². The zero-order valence-corrected chi connectivity index (χ0v) is 17.3. The summed E-state index contributed by atoms with van der Waals surface area (Å²) in [7, 11) is 2.69. The maximum Gasteiger partial charge on any atom is 0.500 e. The molecule has 1 aliphatic carbocycles. The first-order chi connectivity index (χ1) is 11.9. The molecular formula is C18H34O6Si. The molecule has 6 nitrogen and oxygen atoms in total. The van der Waals surface area contributed by atoms with Crippen molar-refractivity contribution in [3.05, 3.63) is 12.2 Å². The van der Waals surface area contributed by atoms with Crippen molar-refractivity contribution < 1.29 is 27.5 Å². The predicted molar refractivity (Wildman–Crippen MR) is 98.3 cm³/mol. The van der Waals surface area contributed by atoms with Crippen LogP contribution in [0.2, 0.25) is 6.04 Å². The zero-order valence-electron chi connectivity index (χ0n) is 16.3. The Kier molecular flexibility index (Phi) is 9.89. The Labute approximate surface area is 153 Å². The van der Waals surface area contributed by atoms with E-state index in [1.54, 1.807) is 28.3 Å². The molecule has 7 heteroatoms. The molecule has 0 bridgehead atoms. The zero-order chi connectivity index (χ0) is 18.9. The molecular weight excluding hydrogens is 340 g/mol. The second-order valence-electron chi connectivity index (χ2n) is 6.64. The highest BCUT2D eigenvalue weighted by atomic mass is 28.4. The topological polar surface area (TPSA) is 66.5 Å². The number of rotatable bonds is 9. The van der Waals surface area contributed by atoms with Crippen LogP contribution >= 0.6 is 0 Å². The standard InChI is InChI=1S/C11H22O4Si.C7H12O2/c1-12-16(13-2,14-3)7-6-9-4-5-10-11(8-9)15-10;1-4-5-9-7(8)6(2)3/h9-11H,4-8H2,1-3H3;2,4-5H2,1,3H3. The smallest absolute Gasteiger partial charge is 0.462 e. The molecule has 0 amide bonds. The summed E-state index contributed by atoms with van der Waals surface area (Å²) in [5.41, 5.74) is 0.462. The average molecular weight is 375 g/mol. The van der Waals surface area contributed by atoms with E-state index < -0.39 is 8.80 Å². The Morgan fingerprint density at radius 2 is 1.80 bits per heavy atom. The first kappa shape index (κ1) is 22.3. The molecule has 1 saturated carbocycles. The Bertz CT molecular complexity index is 416. The average Bonchev–Trinajstić information content (AvgIpc) is 3.40. The van der Waals surface area contributed by atoms with Gasteiger partial charge in [0.15, 0.2) is 0 Å². The molecule has 2 rings (SSSR count). The summed E-state index contributed by atoms with van der Waals surface area (Å²) in [6.07, 6.45) is 6.87. The van der Waals surface area contributed by atoms with Gasteiger partial charge in [-0.3, -0.25) is 0 Å². The lowest BCUT2D eigenvalue weighted by Gasteiger charge is -2.27. The molecule has 2 fully saturated rings. The third kappa shape index (κ3) is 7.58. The fraction of sp³-hybridized carbons (Fsp3) is 0.833. The minimum absolute atomic E-state index is 0.295. The lowest BCUT2D eigenvalue weighted by Crippen LogP contribution is -2.43. The van der Waals surface area contributed by atoms with Gasteiger partial charge < -0.3 is 22.8 Å². The van der Waals surface area contributed by atoms with E-state index in [9.17, 15) is 4.79 Å². The van der Waals surface area contributed by atoms with Gasteiger partial charge in [-0.1, -0.05) is 13.5 Å². The van der Waals surface area contributed by atoms with Gasteiger partial charge in [0.25, 0.3) is 0 Å². The Balaban J connectivity index is 0.000000299. The third-order valence-electron chi connectivity index (χ3n) is 4.69. The molecule has 1 aliphatic heterocycles. The van der Waals surface area contributed by atoms with Crippen LogP contribution in [0.3, 0.4) is 0 Å². The lowest BCUT2D eigenvalue weighted by molar-refractivity contribution is -0.138. The minimum atomic E-state index is -2.35. The van der Waals surface area contributed by atoms with Crippen LogP contribution < -0.4 is 0 Å². The number of hydrogen-bond donors (Lipinski definition) is 0. The van der Waals surface area contributed by atoms with Crippen molar-refractivity contribution in [2.75, 3.05) is 27.9 Å². The van der Waals surface area contributed by atoms with E-state index in [1.807, 2.05) is 6.92 Å². The van der Waals surface area contributed by atoms with E-state index in [0.29, 0.717) is 24.4 Å². The summed E-state index contributed by atoms with van der Waals surface area (Å²) in [4.78, 5) is 10.6. The summed E-state index contributed by atoms with van der Waals surface area (Å²) in [6, 6.07) is 0.915. The molecule has 0 N–H and O–H groups in total. The quantitative estimate of drug-likeness (QED) is 0.267. The fourth-order valence-corrected chi connectivity index (χ4v) is 4.88. The van der Waals surface area contributed by atoms with Gasteiger partial charge in [0.1, 0.15) is 0 Å². The molecule has 0 aromatic heterocycles. The van der Waals surface area contributed by atoms with Gasteiger partial charge in [-0.25, -0.2) is 4.79 Å². The van der Waals surface area contributed by atoms with Crippen molar-refractivity contribution in [3.63, 3.8) is 0 Å². The van der Waals surface area contributed by atoms with E-state index in [4.69, 9.17) is 22.8 Å². The van der Waals surface area contributed by atoms with Crippen molar-refractivity contribution >= 4 is 14.8 Å². The maximum atomic E-state index is 10.6. The van der Waals surface area contributed by atoms with E-state index >= 15 is 0 Å². The molecule has 146 valence electrons. The molecule has 0 radical (unpaired) electrons. The number of carbonyl (C=O) groups excluding carboxylic acids is 1. The van der Waals surface area contributed by atoms with Crippen LogP contribution in [-0.4, -0.2) is 54.9 Å². The summed E-state index contributed by atoms with van der Waals surface area (Å²) in [6.45, 7) is 7.51. The highest BCUT2D eigenvalue weighted by Gasteiger charge is 2.45. The van der Waals surface area contributed by atoms with Gasteiger partial charge in [-0.2, -0.15) is 0 Å². The second kappa shape index (κ2) is 11.1. The number of carbonyl (C=O) groups is 1. The summed E-state index contributed by atoms with van der Waals surface area (Å²) in [5.74, 6) is 0.466. The molecule has 25 heavy (non-hydrogen) atoms. The minimum Gasteiger partial charge on any atom is -0.462 e. The normalized spacial score (nSPS) is 24.6. The monoisotopic (exact) mass is 374 g/mol. The number of fused-ring (bicyclic) bond motifs is 1. The Morgan fingerprint density at radius 1 is 1.16 bits per heavy atom. The van der Waals surface area contributed by atoms with Crippen molar-refractivity contribution in [3.8, 4) is 0 Å². The fourth-order valence-electron chi connectivity index (χ4n) is 3.00. The van der Waals surface area contributed by atoms with Gasteiger partial charge in [-0.15, -0.1) is 0 Å². The van der Waals surface area contributed by atoms with Gasteiger partial charge in [0, 0.05) is 32.9 Å². The van der Waals surface area contributed by atoms with Crippen molar-refractivity contribution in [1.82, 2.24) is 0 Å².